The van der Waals surface area contributed by atoms with Gasteiger partial charge in [0.2, 0.25) is 0 Å². The average molecular weight is 265 g/mol. The summed E-state index contributed by atoms with van der Waals surface area (Å²) in [5.41, 5.74) is 7.39. The minimum atomic E-state index is 0.240. The summed E-state index contributed by atoms with van der Waals surface area (Å²) in [6.07, 6.45) is 0. The predicted octanol–water partition coefficient (Wildman–Crippen LogP) is 2.80. The molecule has 0 amide bonds. The molecule has 1 aromatic carbocycles. The van der Waals surface area contributed by atoms with Gasteiger partial charge in [-0.3, -0.25) is 0 Å². The summed E-state index contributed by atoms with van der Waals surface area (Å²) in [6, 6.07) is 10.6. The smallest absolute Gasteiger partial charge is 0.138 e. The molecule has 2 aromatic rings. The van der Waals surface area contributed by atoms with E-state index < -0.39 is 0 Å². The molecule has 0 aliphatic heterocycles. The topological polar surface area (TPSA) is 59.1 Å². The van der Waals surface area contributed by atoms with E-state index in [0.29, 0.717) is 5.82 Å². The Bertz CT molecular complexity index is 482. The van der Waals surface area contributed by atoms with Gasteiger partial charge in [0.1, 0.15) is 11.6 Å². The number of nitrogens with zero attached hydrogens (tertiary/aromatic N) is 1. The first-order valence-corrected chi connectivity index (χ1v) is 5.17. The monoisotopic (exact) mass is 264 g/mol. The number of nitrogens with two attached hydrogens (primary N) is 1. The van der Waals surface area contributed by atoms with E-state index in [4.69, 9.17) is 10.8 Å². The molecule has 0 aliphatic carbocycles. The highest BCUT2D eigenvalue weighted by atomic mass is 79.9. The van der Waals surface area contributed by atoms with Crippen molar-refractivity contribution in [3.05, 3.63) is 40.9 Å². The highest BCUT2D eigenvalue weighted by Crippen LogP contribution is 2.24. The van der Waals surface area contributed by atoms with Crippen LogP contribution in [0.4, 0.5) is 5.82 Å². The SMILES string of the molecule is Nc1nc(-c2ccc(O)cc2)ccc1Br. The molecule has 3 N–H and O–H groups in total. The number of aromatic nitrogens is 1. The van der Waals surface area contributed by atoms with E-state index in [-0.39, 0.29) is 5.75 Å². The Hall–Kier alpha value is -1.55. The van der Waals surface area contributed by atoms with Crippen LogP contribution < -0.4 is 5.73 Å². The number of rotatable bonds is 1. The van der Waals surface area contributed by atoms with Crippen molar-refractivity contribution in [2.24, 2.45) is 0 Å². The molecule has 0 fully saturated rings. The molecule has 1 heterocycles. The second-order valence-corrected chi connectivity index (χ2v) is 3.96. The van der Waals surface area contributed by atoms with E-state index in [1.807, 2.05) is 12.1 Å². The Balaban J connectivity index is 2.45. The fourth-order valence-electron chi connectivity index (χ4n) is 1.25. The van der Waals surface area contributed by atoms with E-state index in [9.17, 15) is 0 Å². The maximum atomic E-state index is 9.15. The van der Waals surface area contributed by atoms with Gasteiger partial charge < -0.3 is 10.8 Å². The number of hydrogen-bond donors (Lipinski definition) is 2. The van der Waals surface area contributed by atoms with Crippen LogP contribution in [0.2, 0.25) is 0 Å². The summed E-state index contributed by atoms with van der Waals surface area (Å²) in [5, 5.41) is 9.15. The van der Waals surface area contributed by atoms with Gasteiger partial charge in [-0.15, -0.1) is 0 Å². The molecule has 3 nitrogen and oxygen atoms in total. The third kappa shape index (κ3) is 2.10. The van der Waals surface area contributed by atoms with E-state index in [2.05, 4.69) is 20.9 Å². The summed E-state index contributed by atoms with van der Waals surface area (Å²) >= 11 is 3.29. The number of phenols is 1. The number of halogens is 1. The number of benzene rings is 1. The molecule has 0 atom stereocenters. The second-order valence-electron chi connectivity index (χ2n) is 3.11. The molecule has 0 radical (unpaired) electrons. The van der Waals surface area contributed by atoms with Crippen LogP contribution in [0.15, 0.2) is 40.9 Å². The van der Waals surface area contributed by atoms with E-state index in [1.54, 1.807) is 24.3 Å². The predicted molar refractivity (Wildman–Crippen MR) is 63.5 cm³/mol. The fourth-order valence-corrected chi connectivity index (χ4v) is 1.47. The minimum Gasteiger partial charge on any atom is -0.508 e. The first kappa shape index (κ1) is 9.98. The summed E-state index contributed by atoms with van der Waals surface area (Å²) < 4.78 is 0.782. The molecule has 76 valence electrons. The molecule has 2 rings (SSSR count). The van der Waals surface area contributed by atoms with Gasteiger partial charge in [-0.2, -0.15) is 0 Å². The lowest BCUT2D eigenvalue weighted by atomic mass is 10.1. The van der Waals surface area contributed by atoms with Crippen molar-refractivity contribution in [1.82, 2.24) is 4.98 Å². The lowest BCUT2D eigenvalue weighted by molar-refractivity contribution is 0.475. The third-order valence-electron chi connectivity index (χ3n) is 2.04. The van der Waals surface area contributed by atoms with Crippen molar-refractivity contribution in [1.29, 1.82) is 0 Å². The van der Waals surface area contributed by atoms with Crippen LogP contribution in [0, 0.1) is 0 Å². The van der Waals surface area contributed by atoms with Gasteiger partial charge in [-0.25, -0.2) is 4.98 Å². The maximum absolute atomic E-state index is 9.15. The quantitative estimate of drug-likeness (QED) is 0.833. The minimum absolute atomic E-state index is 0.240. The number of phenolic OH excluding ortho intramolecular Hbond substituents is 1. The summed E-state index contributed by atoms with van der Waals surface area (Å²) in [4.78, 5) is 4.22. The van der Waals surface area contributed by atoms with Gasteiger partial charge in [0, 0.05) is 5.56 Å². The van der Waals surface area contributed by atoms with Crippen molar-refractivity contribution in [2.75, 3.05) is 5.73 Å². The zero-order chi connectivity index (χ0) is 10.8. The van der Waals surface area contributed by atoms with Gasteiger partial charge in [0.25, 0.3) is 0 Å². The summed E-state index contributed by atoms with van der Waals surface area (Å²) in [5.74, 6) is 0.699. The van der Waals surface area contributed by atoms with Crippen molar-refractivity contribution < 1.29 is 5.11 Å². The van der Waals surface area contributed by atoms with Crippen LogP contribution in [0.3, 0.4) is 0 Å². The van der Waals surface area contributed by atoms with Gasteiger partial charge in [-0.05, 0) is 52.3 Å². The van der Waals surface area contributed by atoms with Gasteiger partial charge in [-0.1, -0.05) is 0 Å². The molecule has 0 aliphatic rings. The highest BCUT2D eigenvalue weighted by molar-refractivity contribution is 9.10. The molecule has 15 heavy (non-hydrogen) atoms. The molecule has 0 saturated heterocycles. The molecule has 4 heteroatoms. The second kappa shape index (κ2) is 3.90. The van der Waals surface area contributed by atoms with Crippen molar-refractivity contribution in [3.8, 4) is 17.0 Å². The number of nitrogen functional groups attached to an aromatic ring is 1. The standard InChI is InChI=1S/C11H9BrN2O/c12-9-5-6-10(14-11(9)13)7-1-3-8(15)4-2-7/h1-6,15H,(H2,13,14). The van der Waals surface area contributed by atoms with Gasteiger partial charge in [0.15, 0.2) is 0 Å². The maximum Gasteiger partial charge on any atom is 0.138 e. The van der Waals surface area contributed by atoms with Gasteiger partial charge >= 0.3 is 0 Å². The molecule has 0 bridgehead atoms. The first-order chi connectivity index (χ1) is 7.16. The Morgan fingerprint density at radius 2 is 1.73 bits per heavy atom. The van der Waals surface area contributed by atoms with Crippen LogP contribution in [0.25, 0.3) is 11.3 Å². The van der Waals surface area contributed by atoms with E-state index in [0.717, 1.165) is 15.7 Å². The van der Waals surface area contributed by atoms with Crippen molar-refractivity contribution in [2.45, 2.75) is 0 Å². The van der Waals surface area contributed by atoms with Crippen LogP contribution in [-0.2, 0) is 0 Å². The van der Waals surface area contributed by atoms with Crippen LogP contribution in [-0.4, -0.2) is 10.1 Å². The van der Waals surface area contributed by atoms with E-state index in [1.165, 1.54) is 0 Å². The molecular weight excluding hydrogens is 256 g/mol. The highest BCUT2D eigenvalue weighted by Gasteiger charge is 2.02. The lowest BCUT2D eigenvalue weighted by Crippen LogP contribution is -1.93. The largest absolute Gasteiger partial charge is 0.508 e. The van der Waals surface area contributed by atoms with E-state index >= 15 is 0 Å². The Morgan fingerprint density at radius 1 is 1.07 bits per heavy atom. The molecule has 0 spiro atoms. The zero-order valence-corrected chi connectivity index (χ0v) is 9.40. The number of pyridine rings is 1. The first-order valence-electron chi connectivity index (χ1n) is 4.38. The molecule has 0 unspecified atom stereocenters. The Morgan fingerprint density at radius 3 is 2.33 bits per heavy atom. The van der Waals surface area contributed by atoms with Crippen LogP contribution >= 0.6 is 15.9 Å². The number of aromatic hydroxyl groups is 1. The van der Waals surface area contributed by atoms with Crippen LogP contribution in [0.5, 0.6) is 5.75 Å². The van der Waals surface area contributed by atoms with Crippen molar-refractivity contribution in [3.63, 3.8) is 0 Å². The van der Waals surface area contributed by atoms with Crippen molar-refractivity contribution >= 4 is 21.7 Å². The summed E-state index contributed by atoms with van der Waals surface area (Å²) in [6.45, 7) is 0. The van der Waals surface area contributed by atoms with Crippen LogP contribution in [0.1, 0.15) is 0 Å². The third-order valence-corrected chi connectivity index (χ3v) is 2.71. The Labute approximate surface area is 95.7 Å². The average Bonchev–Trinajstić information content (AvgIpc) is 2.23. The van der Waals surface area contributed by atoms with Gasteiger partial charge in [0.05, 0.1) is 10.2 Å². The number of anilines is 1. The number of hydrogen-bond acceptors (Lipinski definition) is 3. The zero-order valence-electron chi connectivity index (χ0n) is 7.81. The molecule has 1 aromatic heterocycles. The molecular formula is C11H9BrN2O. The lowest BCUT2D eigenvalue weighted by Gasteiger charge is -2.03. The Kier molecular flexibility index (Phi) is 2.60. The fraction of sp³-hybridized carbons (Fsp3) is 0. The normalized spacial score (nSPS) is 10.2. The molecule has 0 saturated carbocycles. The summed E-state index contributed by atoms with van der Waals surface area (Å²) in [7, 11) is 0.